The topological polar surface area (TPSA) is 21.3 Å². The van der Waals surface area contributed by atoms with Gasteiger partial charge in [0.05, 0.1) is 12.1 Å². The van der Waals surface area contributed by atoms with Crippen LogP contribution in [0.5, 0.6) is 5.75 Å². The number of nitrogens with one attached hydrogen (secondary N) is 1. The third kappa shape index (κ3) is 3.96. The van der Waals surface area contributed by atoms with Gasteiger partial charge in [-0.3, -0.25) is 0 Å². The fraction of sp³-hybridized carbons (Fsp3) is 0.294. The van der Waals surface area contributed by atoms with E-state index in [2.05, 4.69) is 19.2 Å². The second-order valence-electron chi connectivity index (χ2n) is 5.19. The third-order valence-electron chi connectivity index (χ3n) is 3.23. The predicted molar refractivity (Wildman–Crippen MR) is 85.4 cm³/mol. The number of ether oxygens (including phenoxy) is 1. The Kier molecular flexibility index (Phi) is 5.21. The fourth-order valence-electron chi connectivity index (χ4n) is 2.09. The molecule has 0 amide bonds. The third-order valence-corrected chi connectivity index (χ3v) is 3.52. The van der Waals surface area contributed by atoms with Crippen LogP contribution >= 0.6 is 11.6 Å². The second-order valence-corrected chi connectivity index (χ2v) is 5.60. The van der Waals surface area contributed by atoms with Crippen molar-refractivity contribution >= 4 is 11.6 Å². The Hall–Kier alpha value is -1.58. The lowest BCUT2D eigenvalue weighted by Crippen LogP contribution is -2.22. The molecule has 0 radical (unpaired) electrons. The molecular formula is C17H19ClFNO. The molecule has 0 aliphatic carbocycles. The van der Waals surface area contributed by atoms with Crippen molar-refractivity contribution < 1.29 is 9.13 Å². The van der Waals surface area contributed by atoms with Gasteiger partial charge in [-0.15, -0.1) is 0 Å². The number of hydrogen-bond acceptors (Lipinski definition) is 2. The standard InChI is InChI=1S/C17H19ClFNO/c1-11(2)20-10-14-8-12(5-7-17(14)21-3)13-4-6-16(19)15(18)9-13/h4-9,11,20H,10H2,1-3H3. The summed E-state index contributed by atoms with van der Waals surface area (Å²) in [5.74, 6) is 0.427. The Labute approximate surface area is 129 Å². The Bertz CT molecular complexity index is 628. The highest BCUT2D eigenvalue weighted by Gasteiger charge is 2.08. The second kappa shape index (κ2) is 6.92. The molecule has 2 aromatic carbocycles. The molecule has 112 valence electrons. The van der Waals surface area contributed by atoms with Crippen molar-refractivity contribution in [2.24, 2.45) is 0 Å². The molecule has 2 rings (SSSR count). The first-order chi connectivity index (χ1) is 10.0. The summed E-state index contributed by atoms with van der Waals surface area (Å²) in [6, 6.07) is 11.0. The van der Waals surface area contributed by atoms with E-state index in [4.69, 9.17) is 16.3 Å². The molecule has 0 aliphatic rings. The molecule has 2 aromatic rings. The maximum atomic E-state index is 13.3. The lowest BCUT2D eigenvalue weighted by atomic mass is 10.0. The van der Waals surface area contributed by atoms with Gasteiger partial charge in [-0.25, -0.2) is 4.39 Å². The number of methoxy groups -OCH3 is 1. The quantitative estimate of drug-likeness (QED) is 0.868. The molecular weight excluding hydrogens is 289 g/mol. The SMILES string of the molecule is COc1ccc(-c2ccc(F)c(Cl)c2)cc1CNC(C)C. The number of benzene rings is 2. The summed E-state index contributed by atoms with van der Waals surface area (Å²) >= 11 is 5.85. The molecule has 2 nitrogen and oxygen atoms in total. The van der Waals surface area contributed by atoms with Crippen molar-refractivity contribution in [1.29, 1.82) is 0 Å². The lowest BCUT2D eigenvalue weighted by Gasteiger charge is -2.14. The Morgan fingerprint density at radius 2 is 1.81 bits per heavy atom. The van der Waals surface area contributed by atoms with E-state index in [-0.39, 0.29) is 5.02 Å². The maximum Gasteiger partial charge on any atom is 0.141 e. The summed E-state index contributed by atoms with van der Waals surface area (Å²) in [5.41, 5.74) is 2.93. The normalized spacial score (nSPS) is 11.0. The summed E-state index contributed by atoms with van der Waals surface area (Å²) in [4.78, 5) is 0. The van der Waals surface area contributed by atoms with E-state index < -0.39 is 5.82 Å². The molecule has 0 spiro atoms. The monoisotopic (exact) mass is 307 g/mol. The summed E-state index contributed by atoms with van der Waals surface area (Å²) < 4.78 is 18.6. The molecule has 0 aromatic heterocycles. The van der Waals surface area contributed by atoms with E-state index in [0.29, 0.717) is 12.6 Å². The van der Waals surface area contributed by atoms with Gasteiger partial charge >= 0.3 is 0 Å². The van der Waals surface area contributed by atoms with Gasteiger partial charge in [-0.05, 0) is 35.4 Å². The molecule has 0 saturated heterocycles. The van der Waals surface area contributed by atoms with E-state index >= 15 is 0 Å². The van der Waals surface area contributed by atoms with Crippen LogP contribution < -0.4 is 10.1 Å². The molecule has 1 N–H and O–H groups in total. The van der Waals surface area contributed by atoms with Crippen LogP contribution in [0.15, 0.2) is 36.4 Å². The molecule has 0 unspecified atom stereocenters. The van der Waals surface area contributed by atoms with Gasteiger partial charge in [0.1, 0.15) is 11.6 Å². The van der Waals surface area contributed by atoms with E-state index in [1.807, 2.05) is 18.2 Å². The van der Waals surface area contributed by atoms with E-state index in [9.17, 15) is 4.39 Å². The van der Waals surface area contributed by atoms with Crippen LogP contribution in [-0.4, -0.2) is 13.2 Å². The van der Waals surface area contributed by atoms with Crippen LogP contribution in [0.25, 0.3) is 11.1 Å². The zero-order chi connectivity index (χ0) is 15.4. The van der Waals surface area contributed by atoms with Crippen molar-refractivity contribution in [2.75, 3.05) is 7.11 Å². The molecule has 0 bridgehead atoms. The number of hydrogen-bond donors (Lipinski definition) is 1. The van der Waals surface area contributed by atoms with E-state index in [1.54, 1.807) is 19.2 Å². The lowest BCUT2D eigenvalue weighted by molar-refractivity contribution is 0.406. The van der Waals surface area contributed by atoms with Crippen LogP contribution in [0.2, 0.25) is 5.02 Å². The Balaban J connectivity index is 2.35. The van der Waals surface area contributed by atoms with E-state index in [0.717, 1.165) is 22.4 Å². The zero-order valence-corrected chi connectivity index (χ0v) is 13.2. The molecule has 21 heavy (non-hydrogen) atoms. The van der Waals surface area contributed by atoms with Crippen LogP contribution in [0, 0.1) is 5.82 Å². The maximum absolute atomic E-state index is 13.3. The first-order valence-corrected chi connectivity index (χ1v) is 7.24. The van der Waals surface area contributed by atoms with Crippen LogP contribution in [-0.2, 0) is 6.54 Å². The minimum Gasteiger partial charge on any atom is -0.496 e. The van der Waals surface area contributed by atoms with Gasteiger partial charge in [0.25, 0.3) is 0 Å². The fourth-order valence-corrected chi connectivity index (χ4v) is 2.27. The molecule has 0 heterocycles. The molecule has 0 atom stereocenters. The van der Waals surface area contributed by atoms with Crippen LogP contribution in [0.3, 0.4) is 0 Å². The minimum atomic E-state index is -0.407. The molecule has 0 aliphatic heterocycles. The summed E-state index contributed by atoms with van der Waals surface area (Å²) in [5, 5.41) is 3.50. The van der Waals surface area contributed by atoms with E-state index in [1.165, 1.54) is 6.07 Å². The van der Waals surface area contributed by atoms with Crippen LogP contribution in [0.4, 0.5) is 4.39 Å². The molecule has 4 heteroatoms. The predicted octanol–water partition coefficient (Wildman–Crippen LogP) is 4.65. The average Bonchev–Trinajstić information content (AvgIpc) is 2.47. The highest BCUT2D eigenvalue weighted by atomic mass is 35.5. The van der Waals surface area contributed by atoms with Crippen LogP contribution in [0.1, 0.15) is 19.4 Å². The summed E-state index contributed by atoms with van der Waals surface area (Å²) in [6.07, 6.45) is 0. The number of halogens is 2. The van der Waals surface area contributed by atoms with Crippen molar-refractivity contribution in [1.82, 2.24) is 5.32 Å². The van der Waals surface area contributed by atoms with Crippen molar-refractivity contribution in [3.05, 3.63) is 52.8 Å². The summed E-state index contributed by atoms with van der Waals surface area (Å²) in [6.45, 7) is 4.90. The smallest absolute Gasteiger partial charge is 0.141 e. The largest absolute Gasteiger partial charge is 0.496 e. The van der Waals surface area contributed by atoms with Crippen molar-refractivity contribution in [3.8, 4) is 16.9 Å². The number of rotatable bonds is 5. The van der Waals surface area contributed by atoms with Gasteiger partial charge in [0, 0.05) is 18.2 Å². The average molecular weight is 308 g/mol. The van der Waals surface area contributed by atoms with Crippen molar-refractivity contribution in [3.63, 3.8) is 0 Å². The highest BCUT2D eigenvalue weighted by Crippen LogP contribution is 2.29. The van der Waals surface area contributed by atoms with Gasteiger partial charge < -0.3 is 10.1 Å². The van der Waals surface area contributed by atoms with Gasteiger partial charge in [-0.1, -0.05) is 37.6 Å². The Morgan fingerprint density at radius 3 is 2.43 bits per heavy atom. The van der Waals surface area contributed by atoms with Gasteiger partial charge in [-0.2, -0.15) is 0 Å². The highest BCUT2D eigenvalue weighted by molar-refractivity contribution is 6.31. The first kappa shape index (κ1) is 15.8. The van der Waals surface area contributed by atoms with Crippen molar-refractivity contribution in [2.45, 2.75) is 26.4 Å². The Morgan fingerprint density at radius 1 is 1.14 bits per heavy atom. The molecule has 0 fully saturated rings. The minimum absolute atomic E-state index is 0.130. The summed E-state index contributed by atoms with van der Waals surface area (Å²) in [7, 11) is 1.66. The molecule has 0 saturated carbocycles. The zero-order valence-electron chi connectivity index (χ0n) is 12.4. The first-order valence-electron chi connectivity index (χ1n) is 6.87. The van der Waals surface area contributed by atoms with Gasteiger partial charge in [0.15, 0.2) is 0 Å². The van der Waals surface area contributed by atoms with Gasteiger partial charge in [0.2, 0.25) is 0 Å².